The lowest BCUT2D eigenvalue weighted by molar-refractivity contribution is -0.124. The van der Waals surface area contributed by atoms with Crippen molar-refractivity contribution in [3.05, 3.63) is 35.9 Å². The van der Waals surface area contributed by atoms with Crippen LogP contribution in [-0.4, -0.2) is 35.6 Å². The minimum atomic E-state index is -0.649. The fraction of sp³-hybridized carbons (Fsp3) is 0.556. The predicted molar refractivity (Wildman–Crippen MR) is 91.0 cm³/mol. The van der Waals surface area contributed by atoms with E-state index in [1.165, 1.54) is 0 Å². The van der Waals surface area contributed by atoms with E-state index in [0.717, 1.165) is 0 Å². The van der Waals surface area contributed by atoms with E-state index in [0.29, 0.717) is 5.56 Å². The number of hydrogen-bond donors (Lipinski definition) is 3. The molecule has 0 aliphatic carbocycles. The molecule has 0 saturated carbocycles. The van der Waals surface area contributed by atoms with Crippen LogP contribution in [0.5, 0.6) is 0 Å². The fourth-order valence-corrected chi connectivity index (χ4v) is 1.96. The summed E-state index contributed by atoms with van der Waals surface area (Å²) in [6.07, 6.45) is -0.649. The standard InChI is InChI=1S/C18H28N2O3/c1-12(2)15(17(23)19-11-14(21)18(3,4)5)20-16(22)13-9-7-6-8-10-13/h6-10,12,14-15,21H,11H2,1-5H3,(H,19,23)(H,20,22). The summed E-state index contributed by atoms with van der Waals surface area (Å²) >= 11 is 0. The Bertz CT molecular complexity index is 521. The lowest BCUT2D eigenvalue weighted by atomic mass is 9.89. The van der Waals surface area contributed by atoms with Crippen molar-refractivity contribution >= 4 is 11.8 Å². The highest BCUT2D eigenvalue weighted by Crippen LogP contribution is 2.18. The molecule has 0 heterocycles. The summed E-state index contributed by atoms with van der Waals surface area (Å²) in [5, 5.41) is 15.5. The Morgan fingerprint density at radius 3 is 2.17 bits per heavy atom. The van der Waals surface area contributed by atoms with Crippen molar-refractivity contribution < 1.29 is 14.7 Å². The molecule has 1 rings (SSSR count). The van der Waals surface area contributed by atoms with Crippen LogP contribution in [-0.2, 0) is 4.79 Å². The van der Waals surface area contributed by atoms with Gasteiger partial charge in [0.1, 0.15) is 6.04 Å². The van der Waals surface area contributed by atoms with Crippen LogP contribution in [0.4, 0.5) is 0 Å². The van der Waals surface area contributed by atoms with Gasteiger partial charge in [0.25, 0.3) is 5.91 Å². The largest absolute Gasteiger partial charge is 0.391 e. The number of hydrogen-bond acceptors (Lipinski definition) is 3. The molecular weight excluding hydrogens is 292 g/mol. The van der Waals surface area contributed by atoms with E-state index in [2.05, 4.69) is 10.6 Å². The van der Waals surface area contributed by atoms with E-state index in [9.17, 15) is 14.7 Å². The molecule has 0 spiro atoms. The molecule has 0 radical (unpaired) electrons. The van der Waals surface area contributed by atoms with Crippen LogP contribution in [0.25, 0.3) is 0 Å². The number of rotatable bonds is 6. The third-order valence-electron chi connectivity index (χ3n) is 3.74. The second-order valence-corrected chi connectivity index (χ2v) is 7.19. The minimum absolute atomic E-state index is 0.0607. The van der Waals surface area contributed by atoms with Gasteiger partial charge in [-0.15, -0.1) is 0 Å². The van der Waals surface area contributed by atoms with Crippen molar-refractivity contribution in [3.63, 3.8) is 0 Å². The molecule has 5 heteroatoms. The molecule has 0 bridgehead atoms. The molecule has 128 valence electrons. The average molecular weight is 320 g/mol. The third-order valence-corrected chi connectivity index (χ3v) is 3.74. The topological polar surface area (TPSA) is 78.4 Å². The van der Waals surface area contributed by atoms with Crippen molar-refractivity contribution in [2.45, 2.75) is 46.8 Å². The molecule has 2 amide bonds. The zero-order valence-corrected chi connectivity index (χ0v) is 14.6. The van der Waals surface area contributed by atoms with Crippen LogP contribution >= 0.6 is 0 Å². The first-order valence-corrected chi connectivity index (χ1v) is 7.94. The average Bonchev–Trinajstić information content (AvgIpc) is 2.49. The van der Waals surface area contributed by atoms with E-state index in [-0.39, 0.29) is 29.7 Å². The van der Waals surface area contributed by atoms with E-state index >= 15 is 0 Å². The summed E-state index contributed by atoms with van der Waals surface area (Å²) in [6, 6.07) is 8.15. The van der Waals surface area contributed by atoms with E-state index in [1.54, 1.807) is 24.3 Å². The minimum Gasteiger partial charge on any atom is -0.391 e. The van der Waals surface area contributed by atoms with Gasteiger partial charge >= 0.3 is 0 Å². The third kappa shape index (κ3) is 6.02. The predicted octanol–water partition coefficient (Wildman–Crippen LogP) is 1.96. The Balaban J connectivity index is 2.67. The zero-order valence-electron chi connectivity index (χ0n) is 14.6. The maximum atomic E-state index is 12.3. The summed E-state index contributed by atoms with van der Waals surface area (Å²) in [6.45, 7) is 9.61. The van der Waals surface area contributed by atoms with Crippen LogP contribution in [0.15, 0.2) is 30.3 Å². The second kappa shape index (κ2) is 8.11. The highest BCUT2D eigenvalue weighted by molar-refractivity contribution is 5.97. The zero-order chi connectivity index (χ0) is 17.6. The maximum absolute atomic E-state index is 12.3. The number of benzene rings is 1. The van der Waals surface area contributed by atoms with Crippen molar-refractivity contribution in [2.75, 3.05) is 6.54 Å². The number of carbonyl (C=O) groups excluding carboxylic acids is 2. The van der Waals surface area contributed by atoms with Crippen LogP contribution in [0.3, 0.4) is 0 Å². The maximum Gasteiger partial charge on any atom is 0.251 e. The van der Waals surface area contributed by atoms with Gasteiger partial charge in [0.15, 0.2) is 0 Å². The highest BCUT2D eigenvalue weighted by Gasteiger charge is 2.27. The molecule has 2 atom stereocenters. The normalized spacial score (nSPS) is 14.2. The van der Waals surface area contributed by atoms with Gasteiger partial charge in [-0.3, -0.25) is 9.59 Å². The molecule has 5 nitrogen and oxygen atoms in total. The molecule has 2 unspecified atom stereocenters. The van der Waals surface area contributed by atoms with Crippen LogP contribution in [0.1, 0.15) is 45.0 Å². The van der Waals surface area contributed by atoms with Crippen molar-refractivity contribution in [1.29, 1.82) is 0 Å². The summed E-state index contributed by atoms with van der Waals surface area (Å²) in [5.41, 5.74) is 0.203. The van der Waals surface area contributed by atoms with Crippen molar-refractivity contribution in [2.24, 2.45) is 11.3 Å². The highest BCUT2D eigenvalue weighted by atomic mass is 16.3. The Morgan fingerprint density at radius 1 is 1.13 bits per heavy atom. The summed E-state index contributed by atoms with van der Waals surface area (Å²) in [5.74, 6) is -0.627. The Morgan fingerprint density at radius 2 is 1.70 bits per heavy atom. The number of carbonyl (C=O) groups is 2. The monoisotopic (exact) mass is 320 g/mol. The summed E-state index contributed by atoms with van der Waals surface area (Å²) < 4.78 is 0. The Hall–Kier alpha value is -1.88. The summed E-state index contributed by atoms with van der Waals surface area (Å²) in [4.78, 5) is 24.6. The number of nitrogens with one attached hydrogen (secondary N) is 2. The molecule has 23 heavy (non-hydrogen) atoms. The second-order valence-electron chi connectivity index (χ2n) is 7.19. The molecular formula is C18H28N2O3. The molecule has 1 aromatic rings. The van der Waals surface area contributed by atoms with Gasteiger partial charge in [-0.2, -0.15) is 0 Å². The van der Waals surface area contributed by atoms with E-state index < -0.39 is 12.1 Å². The van der Waals surface area contributed by atoms with Gasteiger partial charge in [0, 0.05) is 12.1 Å². The van der Waals surface area contributed by atoms with Crippen LogP contribution in [0.2, 0.25) is 0 Å². The molecule has 0 aliphatic rings. The number of amides is 2. The summed E-state index contributed by atoms with van der Waals surface area (Å²) in [7, 11) is 0. The van der Waals surface area contributed by atoms with Gasteiger partial charge in [-0.05, 0) is 23.5 Å². The number of aliphatic hydroxyl groups excluding tert-OH is 1. The molecule has 0 aromatic heterocycles. The fourth-order valence-electron chi connectivity index (χ4n) is 1.96. The Labute approximate surface area is 138 Å². The first kappa shape index (κ1) is 19.2. The van der Waals surface area contributed by atoms with Crippen LogP contribution < -0.4 is 10.6 Å². The first-order chi connectivity index (χ1) is 10.6. The van der Waals surface area contributed by atoms with Gasteiger partial charge in [0.05, 0.1) is 6.10 Å². The van der Waals surface area contributed by atoms with Crippen molar-refractivity contribution in [1.82, 2.24) is 10.6 Å². The first-order valence-electron chi connectivity index (χ1n) is 7.94. The van der Waals surface area contributed by atoms with E-state index in [4.69, 9.17) is 0 Å². The molecule has 0 aliphatic heterocycles. The van der Waals surface area contributed by atoms with Gasteiger partial charge in [-0.25, -0.2) is 0 Å². The molecule has 3 N–H and O–H groups in total. The quantitative estimate of drug-likeness (QED) is 0.750. The molecule has 0 saturated heterocycles. The smallest absolute Gasteiger partial charge is 0.251 e. The molecule has 0 fully saturated rings. The van der Waals surface area contributed by atoms with Gasteiger partial charge in [0.2, 0.25) is 5.91 Å². The van der Waals surface area contributed by atoms with Crippen LogP contribution in [0, 0.1) is 11.3 Å². The van der Waals surface area contributed by atoms with Crippen molar-refractivity contribution in [3.8, 4) is 0 Å². The molecule has 1 aromatic carbocycles. The van der Waals surface area contributed by atoms with E-state index in [1.807, 2.05) is 40.7 Å². The van der Waals surface area contributed by atoms with Gasteiger partial charge < -0.3 is 15.7 Å². The number of aliphatic hydroxyl groups is 1. The SMILES string of the molecule is CC(C)C(NC(=O)c1ccccc1)C(=O)NCC(O)C(C)(C)C. The Kier molecular flexibility index (Phi) is 6.76. The van der Waals surface area contributed by atoms with Gasteiger partial charge in [-0.1, -0.05) is 52.8 Å². The lowest BCUT2D eigenvalue weighted by Crippen LogP contribution is -2.51. The lowest BCUT2D eigenvalue weighted by Gasteiger charge is -2.27.